The lowest BCUT2D eigenvalue weighted by atomic mass is 10.0. The Hall–Kier alpha value is -1.06. The second-order valence-corrected chi connectivity index (χ2v) is 5.44. The number of ether oxygens (including phenoxy) is 2. The van der Waals surface area contributed by atoms with Crippen LogP contribution in [-0.4, -0.2) is 37.8 Å². The molecule has 0 aliphatic rings. The van der Waals surface area contributed by atoms with Gasteiger partial charge in [-0.3, -0.25) is 4.90 Å². The second kappa shape index (κ2) is 6.76. The third kappa shape index (κ3) is 4.67. The van der Waals surface area contributed by atoms with E-state index in [4.69, 9.17) is 9.47 Å². The number of benzene rings is 1. The first-order chi connectivity index (χ1) is 8.47. The molecule has 0 aromatic heterocycles. The lowest BCUT2D eigenvalue weighted by Crippen LogP contribution is -2.42. The van der Waals surface area contributed by atoms with Crippen LogP contribution in [0, 0.1) is 0 Å². The van der Waals surface area contributed by atoms with Crippen LogP contribution in [0.1, 0.15) is 26.3 Å². The monoisotopic (exact) mass is 251 g/mol. The van der Waals surface area contributed by atoms with E-state index in [0.717, 1.165) is 25.4 Å². The predicted molar refractivity (Wildman–Crippen MR) is 75.0 cm³/mol. The summed E-state index contributed by atoms with van der Waals surface area (Å²) >= 11 is 0. The van der Waals surface area contributed by atoms with E-state index in [1.54, 1.807) is 14.2 Å². The molecule has 1 rings (SSSR count). The van der Waals surface area contributed by atoms with Crippen molar-refractivity contribution in [1.82, 2.24) is 4.90 Å². The summed E-state index contributed by atoms with van der Waals surface area (Å²) in [5.41, 5.74) is 1.39. The second-order valence-electron chi connectivity index (χ2n) is 5.44. The molecule has 3 nitrogen and oxygen atoms in total. The van der Waals surface area contributed by atoms with Crippen molar-refractivity contribution in [3.63, 3.8) is 0 Å². The molecule has 0 unspecified atom stereocenters. The van der Waals surface area contributed by atoms with Crippen LogP contribution in [0.2, 0.25) is 0 Å². The van der Waals surface area contributed by atoms with Crippen LogP contribution in [0.4, 0.5) is 0 Å². The maximum atomic E-state index is 5.26. The van der Waals surface area contributed by atoms with Crippen molar-refractivity contribution in [3.05, 3.63) is 29.8 Å². The van der Waals surface area contributed by atoms with Crippen LogP contribution in [0.3, 0.4) is 0 Å². The molecule has 0 bridgehead atoms. The third-order valence-electron chi connectivity index (χ3n) is 3.02. The molecule has 1 aromatic rings. The molecule has 0 heterocycles. The fourth-order valence-electron chi connectivity index (χ4n) is 1.84. The summed E-state index contributed by atoms with van der Waals surface area (Å²) in [7, 11) is 3.44. The molecule has 0 spiro atoms. The molecule has 0 aliphatic heterocycles. The lowest BCUT2D eigenvalue weighted by Gasteiger charge is -2.35. The van der Waals surface area contributed by atoms with Gasteiger partial charge in [-0.1, -0.05) is 12.1 Å². The van der Waals surface area contributed by atoms with Crippen molar-refractivity contribution >= 4 is 0 Å². The maximum absolute atomic E-state index is 5.26. The van der Waals surface area contributed by atoms with Gasteiger partial charge in [0.25, 0.3) is 0 Å². The molecule has 0 saturated carbocycles. The van der Waals surface area contributed by atoms with Gasteiger partial charge in [-0.25, -0.2) is 0 Å². The van der Waals surface area contributed by atoms with Gasteiger partial charge in [0.1, 0.15) is 5.75 Å². The number of hydrogen-bond donors (Lipinski definition) is 0. The summed E-state index contributed by atoms with van der Waals surface area (Å²) in [6, 6.07) is 8.23. The highest BCUT2D eigenvalue weighted by Crippen LogP contribution is 2.19. The summed E-state index contributed by atoms with van der Waals surface area (Å²) in [6.07, 6.45) is 0. The third-order valence-corrected chi connectivity index (χ3v) is 3.02. The Kier molecular flexibility index (Phi) is 5.63. The van der Waals surface area contributed by atoms with Gasteiger partial charge in [0, 0.05) is 25.7 Å². The van der Waals surface area contributed by atoms with E-state index in [2.05, 4.69) is 37.8 Å². The Labute approximate surface area is 111 Å². The predicted octanol–water partition coefficient (Wildman–Crippen LogP) is 2.94. The van der Waals surface area contributed by atoms with E-state index in [1.807, 2.05) is 12.1 Å². The van der Waals surface area contributed by atoms with Crippen LogP contribution >= 0.6 is 0 Å². The molecule has 0 saturated heterocycles. The molecular weight excluding hydrogens is 226 g/mol. The highest BCUT2D eigenvalue weighted by molar-refractivity contribution is 5.28. The van der Waals surface area contributed by atoms with Crippen molar-refractivity contribution in [2.24, 2.45) is 0 Å². The van der Waals surface area contributed by atoms with Crippen LogP contribution in [0.25, 0.3) is 0 Å². The zero-order valence-electron chi connectivity index (χ0n) is 12.2. The normalized spacial score (nSPS) is 11.9. The van der Waals surface area contributed by atoms with Crippen molar-refractivity contribution in [3.8, 4) is 5.75 Å². The first-order valence-electron chi connectivity index (χ1n) is 6.34. The smallest absolute Gasteiger partial charge is 0.119 e. The van der Waals surface area contributed by atoms with Gasteiger partial charge in [0.15, 0.2) is 0 Å². The Morgan fingerprint density at radius 3 is 2.44 bits per heavy atom. The fourth-order valence-corrected chi connectivity index (χ4v) is 1.84. The van der Waals surface area contributed by atoms with Gasteiger partial charge in [-0.05, 0) is 38.5 Å². The van der Waals surface area contributed by atoms with Crippen LogP contribution in [0.15, 0.2) is 24.3 Å². The molecule has 0 radical (unpaired) electrons. The summed E-state index contributed by atoms with van der Waals surface area (Å²) < 4.78 is 10.4. The Morgan fingerprint density at radius 1 is 1.17 bits per heavy atom. The first-order valence-corrected chi connectivity index (χ1v) is 6.34. The maximum Gasteiger partial charge on any atom is 0.119 e. The molecule has 102 valence electrons. The molecule has 0 atom stereocenters. The number of nitrogens with zero attached hydrogens (tertiary/aromatic N) is 1. The molecule has 0 N–H and O–H groups in total. The van der Waals surface area contributed by atoms with Crippen LogP contribution < -0.4 is 4.74 Å². The topological polar surface area (TPSA) is 21.7 Å². The standard InChI is InChI=1S/C15H25NO2/c1-15(2,3)16(9-10-17-4)12-13-7-6-8-14(11-13)18-5/h6-8,11H,9-10,12H2,1-5H3. The molecule has 18 heavy (non-hydrogen) atoms. The van der Waals surface area contributed by atoms with Crippen molar-refractivity contribution in [2.75, 3.05) is 27.4 Å². The molecule has 0 amide bonds. The average molecular weight is 251 g/mol. The molecule has 3 heteroatoms. The van der Waals surface area contributed by atoms with Gasteiger partial charge in [0.2, 0.25) is 0 Å². The van der Waals surface area contributed by atoms with E-state index < -0.39 is 0 Å². The van der Waals surface area contributed by atoms with Crippen LogP contribution in [0.5, 0.6) is 5.75 Å². The van der Waals surface area contributed by atoms with Gasteiger partial charge < -0.3 is 9.47 Å². The highest BCUT2D eigenvalue weighted by Gasteiger charge is 2.21. The van der Waals surface area contributed by atoms with Crippen molar-refractivity contribution in [1.29, 1.82) is 0 Å². The van der Waals surface area contributed by atoms with E-state index in [-0.39, 0.29) is 5.54 Å². The highest BCUT2D eigenvalue weighted by atomic mass is 16.5. The molecule has 0 fully saturated rings. The zero-order chi connectivity index (χ0) is 13.6. The van der Waals surface area contributed by atoms with E-state index >= 15 is 0 Å². The minimum absolute atomic E-state index is 0.127. The van der Waals surface area contributed by atoms with Gasteiger partial charge in [-0.15, -0.1) is 0 Å². The SMILES string of the molecule is COCCN(Cc1cccc(OC)c1)C(C)(C)C. The Bertz CT molecular complexity index is 358. The minimum atomic E-state index is 0.127. The number of hydrogen-bond acceptors (Lipinski definition) is 3. The van der Waals surface area contributed by atoms with E-state index in [9.17, 15) is 0 Å². The Balaban J connectivity index is 2.75. The summed E-state index contributed by atoms with van der Waals surface area (Å²) in [5, 5.41) is 0. The summed E-state index contributed by atoms with van der Waals surface area (Å²) in [5.74, 6) is 0.910. The van der Waals surface area contributed by atoms with Gasteiger partial charge in [-0.2, -0.15) is 0 Å². The summed E-state index contributed by atoms with van der Waals surface area (Å²) in [4.78, 5) is 2.41. The Morgan fingerprint density at radius 2 is 1.89 bits per heavy atom. The van der Waals surface area contributed by atoms with Crippen LogP contribution in [-0.2, 0) is 11.3 Å². The largest absolute Gasteiger partial charge is 0.497 e. The van der Waals surface area contributed by atoms with Gasteiger partial charge in [0.05, 0.1) is 13.7 Å². The molecule has 0 aliphatic carbocycles. The van der Waals surface area contributed by atoms with Crippen molar-refractivity contribution in [2.45, 2.75) is 32.9 Å². The molecular formula is C15H25NO2. The average Bonchev–Trinajstić information content (AvgIpc) is 2.33. The summed E-state index contributed by atoms with van der Waals surface area (Å²) in [6.45, 7) is 9.26. The van der Waals surface area contributed by atoms with E-state index in [0.29, 0.717) is 0 Å². The minimum Gasteiger partial charge on any atom is -0.497 e. The first kappa shape index (κ1) is 15.0. The lowest BCUT2D eigenvalue weighted by molar-refractivity contribution is 0.0806. The van der Waals surface area contributed by atoms with E-state index in [1.165, 1.54) is 5.56 Å². The number of methoxy groups -OCH3 is 2. The van der Waals surface area contributed by atoms with Crippen molar-refractivity contribution < 1.29 is 9.47 Å². The quantitative estimate of drug-likeness (QED) is 0.776. The fraction of sp³-hybridized carbons (Fsp3) is 0.600. The number of rotatable bonds is 6. The van der Waals surface area contributed by atoms with Gasteiger partial charge >= 0.3 is 0 Å². The zero-order valence-corrected chi connectivity index (χ0v) is 12.2. The molecule has 1 aromatic carbocycles.